The molecule has 0 spiro atoms. The van der Waals surface area contributed by atoms with Crippen molar-refractivity contribution in [3.63, 3.8) is 0 Å². The van der Waals surface area contributed by atoms with Crippen LogP contribution in [0.5, 0.6) is 0 Å². The van der Waals surface area contributed by atoms with Gasteiger partial charge in [-0.05, 0) is 42.9 Å². The topological polar surface area (TPSA) is 20.7 Å². The summed E-state index contributed by atoms with van der Waals surface area (Å²) in [6.45, 7) is 2.00. The van der Waals surface area contributed by atoms with Crippen LogP contribution in [-0.4, -0.2) is 9.55 Å². The number of aromatic nitrogens is 2. The first-order chi connectivity index (χ1) is 9.09. The van der Waals surface area contributed by atoms with Crippen LogP contribution in [-0.2, 0) is 0 Å². The molecule has 0 radical (unpaired) electrons. The lowest BCUT2D eigenvalue weighted by Gasteiger charge is -2.11. The van der Waals surface area contributed by atoms with E-state index in [1.807, 2.05) is 47.9 Å². The fourth-order valence-electron chi connectivity index (χ4n) is 2.24. The van der Waals surface area contributed by atoms with E-state index in [0.717, 1.165) is 22.3 Å². The van der Waals surface area contributed by atoms with Gasteiger partial charge in [0.1, 0.15) is 0 Å². The van der Waals surface area contributed by atoms with Gasteiger partial charge in [0.05, 0.1) is 26.8 Å². The first-order valence-electron chi connectivity index (χ1n) is 5.74. The number of nitrogens with zero attached hydrogens (tertiary/aromatic N) is 1. The summed E-state index contributed by atoms with van der Waals surface area (Å²) in [5.41, 5.74) is 3.67. The van der Waals surface area contributed by atoms with Crippen LogP contribution < -0.4 is 0 Å². The minimum Gasteiger partial charge on any atom is -0.330 e. The fourth-order valence-corrected chi connectivity index (χ4v) is 3.09. The number of hydrogen-bond acceptors (Lipinski definition) is 1. The number of fused-ring (bicyclic) bond motifs is 1. The van der Waals surface area contributed by atoms with Crippen LogP contribution in [0, 0.1) is 11.7 Å². The Hall–Kier alpha value is -1.29. The van der Waals surface area contributed by atoms with Crippen LogP contribution in [0.1, 0.15) is 5.56 Å². The molecule has 0 aliphatic heterocycles. The zero-order valence-electron chi connectivity index (χ0n) is 10.1. The number of rotatable bonds is 1. The summed E-state index contributed by atoms with van der Waals surface area (Å²) in [6.07, 6.45) is 0. The molecule has 96 valence electrons. The van der Waals surface area contributed by atoms with Crippen molar-refractivity contribution >= 4 is 46.5 Å². The van der Waals surface area contributed by atoms with Gasteiger partial charge in [0.25, 0.3) is 0 Å². The van der Waals surface area contributed by atoms with Gasteiger partial charge in [-0.25, -0.2) is 0 Å². The Kier molecular flexibility index (Phi) is 3.13. The molecule has 0 amide bonds. The van der Waals surface area contributed by atoms with E-state index in [4.69, 9.17) is 35.4 Å². The van der Waals surface area contributed by atoms with Crippen LogP contribution in [0.4, 0.5) is 0 Å². The molecule has 1 N–H and O–H groups in total. The van der Waals surface area contributed by atoms with Crippen molar-refractivity contribution < 1.29 is 0 Å². The van der Waals surface area contributed by atoms with Crippen molar-refractivity contribution in [2.45, 2.75) is 6.92 Å². The number of aromatic amines is 1. The molecule has 1 aromatic heterocycles. The maximum Gasteiger partial charge on any atom is 0.182 e. The lowest BCUT2D eigenvalue weighted by molar-refractivity contribution is 1.05. The Morgan fingerprint density at radius 1 is 1.05 bits per heavy atom. The molecule has 1 heterocycles. The van der Waals surface area contributed by atoms with Crippen molar-refractivity contribution in [1.82, 2.24) is 9.55 Å². The number of nitrogens with one attached hydrogen (secondary N) is 1. The number of H-pyrrole nitrogens is 1. The fraction of sp³-hybridized carbons (Fsp3) is 0.0714. The Morgan fingerprint density at radius 3 is 2.47 bits per heavy atom. The molecule has 0 saturated carbocycles. The number of benzene rings is 2. The summed E-state index contributed by atoms with van der Waals surface area (Å²) >= 11 is 18.0. The summed E-state index contributed by atoms with van der Waals surface area (Å²) in [5.74, 6) is 0. The molecule has 2 nitrogen and oxygen atoms in total. The van der Waals surface area contributed by atoms with E-state index >= 15 is 0 Å². The van der Waals surface area contributed by atoms with E-state index in [0.29, 0.717) is 14.8 Å². The van der Waals surface area contributed by atoms with Crippen LogP contribution in [0.25, 0.3) is 16.7 Å². The Bertz CT molecular complexity index is 813. The molecular formula is C14H10Cl2N2S. The van der Waals surface area contributed by atoms with Crippen molar-refractivity contribution in [2.75, 3.05) is 0 Å². The predicted octanol–water partition coefficient (Wildman–Crippen LogP) is 5.30. The average Bonchev–Trinajstić information content (AvgIpc) is 2.67. The first kappa shape index (κ1) is 12.7. The maximum atomic E-state index is 6.32. The van der Waals surface area contributed by atoms with Crippen LogP contribution in [0.3, 0.4) is 0 Å². The molecular weight excluding hydrogens is 299 g/mol. The van der Waals surface area contributed by atoms with Gasteiger partial charge < -0.3 is 4.98 Å². The van der Waals surface area contributed by atoms with Crippen molar-refractivity contribution in [3.05, 3.63) is 56.8 Å². The van der Waals surface area contributed by atoms with E-state index in [9.17, 15) is 0 Å². The van der Waals surface area contributed by atoms with Gasteiger partial charge in [-0.2, -0.15) is 0 Å². The van der Waals surface area contributed by atoms with Gasteiger partial charge in [0.2, 0.25) is 0 Å². The first-order valence-corrected chi connectivity index (χ1v) is 6.91. The standard InChI is InChI=1S/C14H10Cl2N2S/c1-8-4-2-5-9(15)12(8)18-13-10(16)6-3-7-11(13)17-14(18)19/h2-7H,1H3,(H,17,19). The summed E-state index contributed by atoms with van der Waals surface area (Å²) in [4.78, 5) is 3.16. The molecule has 19 heavy (non-hydrogen) atoms. The number of imidazole rings is 1. The molecule has 0 fully saturated rings. The molecule has 3 rings (SSSR count). The van der Waals surface area contributed by atoms with Gasteiger partial charge in [-0.1, -0.05) is 41.4 Å². The molecule has 0 aliphatic carbocycles. The van der Waals surface area contributed by atoms with Crippen LogP contribution in [0.15, 0.2) is 36.4 Å². The highest BCUT2D eigenvalue weighted by atomic mass is 35.5. The third kappa shape index (κ3) is 1.98. The number of aryl methyl sites for hydroxylation is 1. The van der Waals surface area contributed by atoms with Crippen molar-refractivity contribution in [3.8, 4) is 5.69 Å². The van der Waals surface area contributed by atoms with Crippen LogP contribution >= 0.6 is 35.4 Å². The molecule has 5 heteroatoms. The van der Waals surface area contributed by atoms with Gasteiger partial charge in [-0.15, -0.1) is 0 Å². The average molecular weight is 309 g/mol. The van der Waals surface area contributed by atoms with E-state index < -0.39 is 0 Å². The summed E-state index contributed by atoms with van der Waals surface area (Å²) < 4.78 is 2.48. The van der Waals surface area contributed by atoms with Gasteiger partial charge in [0, 0.05) is 0 Å². The molecule has 0 bridgehead atoms. The van der Waals surface area contributed by atoms with E-state index in [1.165, 1.54) is 0 Å². The Labute approximate surface area is 125 Å². The predicted molar refractivity (Wildman–Crippen MR) is 83.2 cm³/mol. The van der Waals surface area contributed by atoms with Crippen LogP contribution in [0.2, 0.25) is 10.0 Å². The number of hydrogen-bond donors (Lipinski definition) is 1. The molecule has 3 aromatic rings. The third-order valence-electron chi connectivity index (χ3n) is 3.07. The minimum atomic E-state index is 0.583. The van der Waals surface area contributed by atoms with Gasteiger partial charge in [-0.3, -0.25) is 4.57 Å². The molecule has 0 saturated heterocycles. The van der Waals surface area contributed by atoms with E-state index in [2.05, 4.69) is 4.98 Å². The zero-order chi connectivity index (χ0) is 13.6. The molecule has 0 aliphatic rings. The second-order valence-corrected chi connectivity index (χ2v) is 5.51. The smallest absolute Gasteiger partial charge is 0.182 e. The van der Waals surface area contributed by atoms with E-state index in [1.54, 1.807) is 0 Å². The highest BCUT2D eigenvalue weighted by Gasteiger charge is 2.13. The number of halogens is 2. The van der Waals surface area contributed by atoms with E-state index in [-0.39, 0.29) is 0 Å². The SMILES string of the molecule is Cc1cccc(Cl)c1-n1c(=S)[nH]c2cccc(Cl)c21. The number of para-hydroxylation sites is 2. The second kappa shape index (κ2) is 4.67. The molecule has 2 aromatic carbocycles. The van der Waals surface area contributed by atoms with Gasteiger partial charge >= 0.3 is 0 Å². The normalized spacial score (nSPS) is 11.1. The largest absolute Gasteiger partial charge is 0.330 e. The zero-order valence-corrected chi connectivity index (χ0v) is 12.4. The lowest BCUT2D eigenvalue weighted by atomic mass is 10.2. The molecule has 0 unspecified atom stereocenters. The van der Waals surface area contributed by atoms with Crippen molar-refractivity contribution in [2.24, 2.45) is 0 Å². The second-order valence-electron chi connectivity index (χ2n) is 4.31. The quantitative estimate of drug-likeness (QED) is 0.605. The Balaban J connectivity index is 2.50. The van der Waals surface area contributed by atoms with Gasteiger partial charge in [0.15, 0.2) is 4.77 Å². The highest BCUT2D eigenvalue weighted by Crippen LogP contribution is 2.31. The lowest BCUT2D eigenvalue weighted by Crippen LogP contribution is -1.98. The highest BCUT2D eigenvalue weighted by molar-refractivity contribution is 7.71. The minimum absolute atomic E-state index is 0.583. The van der Waals surface area contributed by atoms with Crippen molar-refractivity contribution in [1.29, 1.82) is 0 Å². The summed E-state index contributed by atoms with van der Waals surface area (Å²) in [7, 11) is 0. The maximum absolute atomic E-state index is 6.32. The molecule has 0 atom stereocenters. The Morgan fingerprint density at radius 2 is 1.74 bits per heavy atom. The monoisotopic (exact) mass is 308 g/mol. The third-order valence-corrected chi connectivity index (χ3v) is 3.96. The summed E-state index contributed by atoms with van der Waals surface area (Å²) in [6, 6.07) is 11.4. The summed E-state index contributed by atoms with van der Waals surface area (Å²) in [5, 5.41) is 1.29.